The average molecular weight is 126 g/mol. The van der Waals surface area contributed by atoms with E-state index < -0.39 is 0 Å². The van der Waals surface area contributed by atoms with E-state index in [-0.39, 0.29) is 0 Å². The van der Waals surface area contributed by atoms with Crippen molar-refractivity contribution in [1.82, 2.24) is 5.32 Å². The van der Waals surface area contributed by atoms with E-state index in [1.54, 1.807) is 0 Å². The molecule has 0 bridgehead atoms. The molecule has 0 aromatic carbocycles. The summed E-state index contributed by atoms with van der Waals surface area (Å²) in [6, 6.07) is 0. The molecule has 0 aromatic rings. The number of nitrogens with zero attached hydrogens (tertiary/aromatic N) is 1. The molecule has 1 heterocycles. The Hall–Kier alpha value is -0.370. The van der Waals surface area contributed by atoms with Gasteiger partial charge in [-0.2, -0.15) is 0 Å². The lowest BCUT2D eigenvalue weighted by Gasteiger charge is -2.20. The zero-order valence-electron chi connectivity index (χ0n) is 6.15. The van der Waals surface area contributed by atoms with Gasteiger partial charge < -0.3 is 5.32 Å². The second-order valence-electron chi connectivity index (χ2n) is 2.57. The first kappa shape index (κ1) is 6.75. The van der Waals surface area contributed by atoms with Gasteiger partial charge in [-0.1, -0.05) is 6.92 Å². The van der Waals surface area contributed by atoms with Crippen LogP contribution in [0, 0.1) is 5.92 Å². The molecule has 2 nitrogen and oxygen atoms in total. The lowest BCUT2D eigenvalue weighted by molar-refractivity contribution is 0.573. The minimum absolute atomic E-state index is 0.656. The van der Waals surface area contributed by atoms with Crippen molar-refractivity contribution < 1.29 is 0 Å². The third-order valence-corrected chi connectivity index (χ3v) is 1.86. The summed E-state index contributed by atoms with van der Waals surface area (Å²) in [6.45, 7) is 4.43. The largest absolute Gasteiger partial charge is 0.316 e. The van der Waals surface area contributed by atoms with E-state index in [1.165, 1.54) is 5.71 Å². The van der Waals surface area contributed by atoms with Gasteiger partial charge in [0.05, 0.1) is 0 Å². The van der Waals surface area contributed by atoms with Gasteiger partial charge in [0.25, 0.3) is 0 Å². The normalized spacial score (nSPS) is 33.1. The molecule has 1 atom stereocenters. The quantitative estimate of drug-likeness (QED) is 0.507. The van der Waals surface area contributed by atoms with Crippen molar-refractivity contribution in [1.29, 1.82) is 0 Å². The van der Waals surface area contributed by atoms with Gasteiger partial charge in [-0.25, -0.2) is 0 Å². The highest BCUT2D eigenvalue weighted by Crippen LogP contribution is 2.05. The second kappa shape index (κ2) is 2.97. The van der Waals surface area contributed by atoms with Crippen molar-refractivity contribution in [2.24, 2.45) is 10.9 Å². The van der Waals surface area contributed by atoms with E-state index in [4.69, 9.17) is 0 Å². The third kappa shape index (κ3) is 1.52. The molecule has 1 unspecified atom stereocenters. The number of rotatable bonds is 0. The van der Waals surface area contributed by atoms with Gasteiger partial charge in [0, 0.05) is 31.8 Å². The number of nitrogens with one attached hydrogen (secondary N) is 1. The van der Waals surface area contributed by atoms with Crippen LogP contribution in [0.5, 0.6) is 0 Å². The molecular weight excluding hydrogens is 112 g/mol. The molecule has 0 saturated carbocycles. The van der Waals surface area contributed by atoms with Crippen LogP contribution in [0.25, 0.3) is 0 Å². The first-order valence-corrected chi connectivity index (χ1v) is 3.51. The van der Waals surface area contributed by atoms with Gasteiger partial charge in [-0.15, -0.1) is 0 Å². The summed E-state index contributed by atoms with van der Waals surface area (Å²) in [4.78, 5) is 4.21. The second-order valence-corrected chi connectivity index (χ2v) is 2.57. The summed E-state index contributed by atoms with van der Waals surface area (Å²) in [5.74, 6) is 0.656. The van der Waals surface area contributed by atoms with Crippen molar-refractivity contribution in [3.63, 3.8) is 0 Å². The number of hydrogen-bond donors (Lipinski definition) is 1. The zero-order chi connectivity index (χ0) is 6.69. The van der Waals surface area contributed by atoms with Crippen LogP contribution in [0.1, 0.15) is 13.3 Å². The van der Waals surface area contributed by atoms with Gasteiger partial charge >= 0.3 is 0 Å². The fourth-order valence-electron chi connectivity index (χ4n) is 1.23. The van der Waals surface area contributed by atoms with E-state index in [0.717, 1.165) is 19.5 Å². The summed E-state index contributed by atoms with van der Waals surface area (Å²) in [7, 11) is 1.89. The Balaban J connectivity index is 2.49. The molecule has 1 N–H and O–H groups in total. The maximum atomic E-state index is 4.21. The molecule has 0 amide bonds. The van der Waals surface area contributed by atoms with Crippen LogP contribution in [-0.4, -0.2) is 25.8 Å². The van der Waals surface area contributed by atoms with Crippen LogP contribution in [-0.2, 0) is 0 Å². The van der Waals surface area contributed by atoms with Crippen molar-refractivity contribution in [3.05, 3.63) is 0 Å². The first-order chi connectivity index (χ1) is 4.34. The Kier molecular flexibility index (Phi) is 2.22. The Morgan fingerprint density at radius 2 is 2.44 bits per heavy atom. The van der Waals surface area contributed by atoms with Gasteiger partial charge in [0.15, 0.2) is 0 Å². The average Bonchev–Trinajstić information content (AvgIpc) is 1.89. The molecule has 1 aliphatic heterocycles. The topological polar surface area (TPSA) is 24.4 Å². The zero-order valence-corrected chi connectivity index (χ0v) is 6.15. The maximum Gasteiger partial charge on any atom is 0.0276 e. The van der Waals surface area contributed by atoms with Crippen molar-refractivity contribution in [2.75, 3.05) is 20.1 Å². The van der Waals surface area contributed by atoms with Crippen molar-refractivity contribution in [3.8, 4) is 0 Å². The molecule has 52 valence electrons. The molecule has 0 spiro atoms. The molecule has 0 aromatic heterocycles. The summed E-state index contributed by atoms with van der Waals surface area (Å²) in [6.07, 6.45) is 1.14. The van der Waals surface area contributed by atoms with Crippen LogP contribution in [0.3, 0.4) is 0 Å². The van der Waals surface area contributed by atoms with Crippen LogP contribution in [0.4, 0.5) is 0 Å². The van der Waals surface area contributed by atoms with Crippen LogP contribution in [0.2, 0.25) is 0 Å². The molecule has 1 saturated heterocycles. The SMILES string of the molecule is CN=C1CCNCC1C. The van der Waals surface area contributed by atoms with Gasteiger partial charge in [0.2, 0.25) is 0 Å². The van der Waals surface area contributed by atoms with E-state index >= 15 is 0 Å². The predicted octanol–water partition coefficient (Wildman–Crippen LogP) is 0.687. The smallest absolute Gasteiger partial charge is 0.0276 e. The van der Waals surface area contributed by atoms with Crippen molar-refractivity contribution >= 4 is 5.71 Å². The van der Waals surface area contributed by atoms with Crippen molar-refractivity contribution in [2.45, 2.75) is 13.3 Å². The van der Waals surface area contributed by atoms with Crippen LogP contribution in [0.15, 0.2) is 4.99 Å². The van der Waals surface area contributed by atoms with E-state index in [9.17, 15) is 0 Å². The maximum absolute atomic E-state index is 4.21. The van der Waals surface area contributed by atoms with Crippen LogP contribution >= 0.6 is 0 Å². The lowest BCUT2D eigenvalue weighted by atomic mass is 9.99. The molecule has 0 aliphatic carbocycles. The summed E-state index contributed by atoms with van der Waals surface area (Å²) in [5, 5.41) is 3.32. The number of aliphatic imine (C=N–C) groups is 1. The van der Waals surface area contributed by atoms with Gasteiger partial charge in [0.1, 0.15) is 0 Å². The fraction of sp³-hybridized carbons (Fsp3) is 0.857. The Labute approximate surface area is 56.4 Å². The molecule has 1 fully saturated rings. The highest BCUT2D eigenvalue weighted by Gasteiger charge is 2.13. The lowest BCUT2D eigenvalue weighted by Crippen LogP contribution is -2.35. The molecule has 1 rings (SSSR count). The van der Waals surface area contributed by atoms with Gasteiger partial charge in [-0.3, -0.25) is 4.99 Å². The molecular formula is C7H14N2. The monoisotopic (exact) mass is 126 g/mol. The Morgan fingerprint density at radius 3 is 2.89 bits per heavy atom. The predicted molar refractivity (Wildman–Crippen MR) is 40.0 cm³/mol. The highest BCUT2D eigenvalue weighted by atomic mass is 14.9. The summed E-state index contributed by atoms with van der Waals surface area (Å²) in [5.41, 5.74) is 1.37. The fourth-order valence-corrected chi connectivity index (χ4v) is 1.23. The van der Waals surface area contributed by atoms with Gasteiger partial charge in [-0.05, 0) is 6.42 Å². The Bertz CT molecular complexity index is 118. The highest BCUT2D eigenvalue weighted by molar-refractivity contribution is 5.87. The number of piperidine rings is 1. The standard InChI is InChI=1S/C7H14N2/c1-6-5-9-4-3-7(6)8-2/h6,9H,3-5H2,1-2H3. The summed E-state index contributed by atoms with van der Waals surface area (Å²) >= 11 is 0. The van der Waals surface area contributed by atoms with E-state index in [2.05, 4.69) is 17.2 Å². The summed E-state index contributed by atoms with van der Waals surface area (Å²) < 4.78 is 0. The first-order valence-electron chi connectivity index (χ1n) is 3.51. The van der Waals surface area contributed by atoms with E-state index in [1.807, 2.05) is 7.05 Å². The third-order valence-electron chi connectivity index (χ3n) is 1.86. The molecule has 0 radical (unpaired) electrons. The number of hydrogen-bond acceptors (Lipinski definition) is 2. The van der Waals surface area contributed by atoms with Crippen LogP contribution < -0.4 is 5.32 Å². The molecule has 2 heteroatoms. The Morgan fingerprint density at radius 1 is 1.67 bits per heavy atom. The molecule has 1 aliphatic rings. The van der Waals surface area contributed by atoms with E-state index in [0.29, 0.717) is 5.92 Å². The minimum atomic E-state index is 0.656. The molecule has 9 heavy (non-hydrogen) atoms. The minimum Gasteiger partial charge on any atom is -0.316 e.